The molecule has 0 heterocycles. The van der Waals surface area contributed by atoms with Crippen molar-refractivity contribution in [3.8, 4) is 23.0 Å². The van der Waals surface area contributed by atoms with E-state index in [-0.39, 0.29) is 34.1 Å². The van der Waals surface area contributed by atoms with Gasteiger partial charge < -0.3 is 28.4 Å². The van der Waals surface area contributed by atoms with Gasteiger partial charge in [-0.3, -0.25) is 0 Å². The Balaban J connectivity index is 1.37. The van der Waals surface area contributed by atoms with Crippen LogP contribution in [0.15, 0.2) is 85.0 Å². The van der Waals surface area contributed by atoms with Gasteiger partial charge in [0.05, 0.1) is 37.6 Å². The molecule has 0 unspecified atom stereocenters. The molecule has 3 aromatic rings. The minimum atomic E-state index is -0.938. The number of unbranched alkanes of at least 4 members (excludes halogenated alkanes) is 6. The Morgan fingerprint density at radius 1 is 0.500 bits per heavy atom. The van der Waals surface area contributed by atoms with Crippen LogP contribution in [0, 0.1) is 11.6 Å². The zero-order valence-corrected chi connectivity index (χ0v) is 29.5. The highest BCUT2D eigenvalue weighted by molar-refractivity contribution is 5.92. The molecule has 12 heteroatoms. The van der Waals surface area contributed by atoms with Crippen molar-refractivity contribution in [3.63, 3.8) is 0 Å². The van der Waals surface area contributed by atoms with Crippen molar-refractivity contribution in [3.05, 3.63) is 108 Å². The summed E-state index contributed by atoms with van der Waals surface area (Å²) >= 11 is 0. The van der Waals surface area contributed by atoms with Crippen LogP contribution in [0.5, 0.6) is 23.0 Å². The van der Waals surface area contributed by atoms with Crippen molar-refractivity contribution in [1.29, 1.82) is 0 Å². The lowest BCUT2D eigenvalue weighted by Gasteiger charge is -2.10. The van der Waals surface area contributed by atoms with E-state index < -0.39 is 35.5 Å². The molecule has 0 amide bonds. The quantitative estimate of drug-likeness (QED) is 0.0432. The Morgan fingerprint density at radius 2 is 0.827 bits per heavy atom. The van der Waals surface area contributed by atoms with Gasteiger partial charge in [-0.25, -0.2) is 28.0 Å². The molecule has 3 aromatic carbocycles. The SMILES string of the molecule is C=C(C)C(=O)OCCCCCCOc1ccc(C(=O)Oc2ccc(OC(=O)c3ccc(OCCCCCCOC(=O)C(=C)C)cc3F)cc2)c(F)c1. The largest absolute Gasteiger partial charge is 0.493 e. The van der Waals surface area contributed by atoms with E-state index in [9.17, 15) is 28.0 Å². The van der Waals surface area contributed by atoms with Gasteiger partial charge in [0.2, 0.25) is 0 Å². The molecule has 3 rings (SSSR count). The number of carbonyl (C=O) groups excluding carboxylic acids is 4. The van der Waals surface area contributed by atoms with Crippen LogP contribution in [-0.4, -0.2) is 50.3 Å². The molecule has 0 atom stereocenters. The van der Waals surface area contributed by atoms with E-state index in [1.54, 1.807) is 13.8 Å². The van der Waals surface area contributed by atoms with E-state index in [1.807, 2.05) is 0 Å². The number of halogens is 2. The number of hydrogen-bond donors (Lipinski definition) is 0. The first-order chi connectivity index (χ1) is 24.9. The van der Waals surface area contributed by atoms with E-state index in [1.165, 1.54) is 48.5 Å². The highest BCUT2D eigenvalue weighted by Crippen LogP contribution is 2.24. The van der Waals surface area contributed by atoms with Gasteiger partial charge in [-0.15, -0.1) is 0 Å². The van der Waals surface area contributed by atoms with Crippen LogP contribution in [0.1, 0.15) is 85.9 Å². The summed E-state index contributed by atoms with van der Waals surface area (Å²) in [5.41, 5.74) is 0.125. The van der Waals surface area contributed by atoms with Crippen molar-refractivity contribution in [2.75, 3.05) is 26.4 Å². The first-order valence-corrected chi connectivity index (χ1v) is 17.0. The molecule has 0 radical (unpaired) electrons. The lowest BCUT2D eigenvalue weighted by atomic mass is 10.2. The van der Waals surface area contributed by atoms with Gasteiger partial charge in [-0.1, -0.05) is 13.2 Å². The van der Waals surface area contributed by atoms with E-state index in [0.717, 1.165) is 37.8 Å². The van der Waals surface area contributed by atoms with Crippen LogP contribution in [0.25, 0.3) is 0 Å². The summed E-state index contributed by atoms with van der Waals surface area (Å²) in [6, 6.07) is 13.1. The van der Waals surface area contributed by atoms with Crippen molar-refractivity contribution < 1.29 is 56.4 Å². The summed E-state index contributed by atoms with van der Waals surface area (Å²) in [5, 5.41) is 0. The Morgan fingerprint density at radius 3 is 1.15 bits per heavy atom. The molecular weight excluding hydrogens is 678 g/mol. The Labute approximate surface area is 302 Å². The normalized spacial score (nSPS) is 10.5. The fraction of sp³-hybridized carbons (Fsp3) is 0.350. The molecule has 0 spiro atoms. The van der Waals surface area contributed by atoms with Crippen molar-refractivity contribution in [1.82, 2.24) is 0 Å². The maximum atomic E-state index is 14.7. The van der Waals surface area contributed by atoms with Crippen LogP contribution in [0.2, 0.25) is 0 Å². The fourth-order valence-electron chi connectivity index (χ4n) is 4.47. The highest BCUT2D eigenvalue weighted by Gasteiger charge is 2.18. The molecule has 0 N–H and O–H groups in total. The minimum absolute atomic E-state index is 0.0674. The average Bonchev–Trinajstić information content (AvgIpc) is 3.11. The van der Waals surface area contributed by atoms with Crippen molar-refractivity contribution in [2.45, 2.75) is 65.2 Å². The first kappa shape index (κ1) is 40.9. The number of rotatable bonds is 22. The molecule has 52 heavy (non-hydrogen) atoms. The van der Waals surface area contributed by atoms with Gasteiger partial charge in [0.25, 0.3) is 0 Å². The Bertz CT molecular complexity index is 1580. The summed E-state index contributed by atoms with van der Waals surface area (Å²) in [6.45, 7) is 11.6. The van der Waals surface area contributed by atoms with Crippen molar-refractivity contribution >= 4 is 23.9 Å². The van der Waals surface area contributed by atoms with Crippen molar-refractivity contribution in [2.24, 2.45) is 0 Å². The lowest BCUT2D eigenvalue weighted by Crippen LogP contribution is -2.12. The molecule has 0 fully saturated rings. The van der Waals surface area contributed by atoms with Gasteiger partial charge in [0, 0.05) is 23.3 Å². The fourth-order valence-corrected chi connectivity index (χ4v) is 4.47. The van der Waals surface area contributed by atoms with Crippen LogP contribution in [0.3, 0.4) is 0 Å². The number of carbonyl (C=O) groups is 4. The zero-order chi connectivity index (χ0) is 37.9. The first-order valence-electron chi connectivity index (χ1n) is 17.0. The molecule has 0 saturated heterocycles. The van der Waals surface area contributed by atoms with Crippen LogP contribution < -0.4 is 18.9 Å². The molecule has 0 aliphatic carbocycles. The summed E-state index contributed by atoms with van der Waals surface area (Å²) in [7, 11) is 0. The third kappa shape index (κ3) is 14.4. The summed E-state index contributed by atoms with van der Waals surface area (Å²) in [6.07, 6.45) is 6.18. The van der Waals surface area contributed by atoms with E-state index >= 15 is 0 Å². The average molecular weight is 723 g/mol. The van der Waals surface area contributed by atoms with Crippen LogP contribution >= 0.6 is 0 Å². The molecule has 10 nitrogen and oxygen atoms in total. The highest BCUT2D eigenvalue weighted by atomic mass is 19.1. The standard InChI is InChI=1S/C40H44F2O10/c1-27(2)37(43)49-23-11-7-5-9-21-47-31-17-19-33(35(41)25-31)39(45)51-29-13-15-30(16-14-29)52-40(46)34-20-18-32(26-36(34)42)48-22-10-6-8-12-24-50-38(44)28(3)4/h13-20,25-26H,1,3,5-12,21-24H2,2,4H3. The summed E-state index contributed by atoms with van der Waals surface area (Å²) in [5.74, 6) is -3.66. The van der Waals surface area contributed by atoms with E-state index in [0.29, 0.717) is 63.3 Å². The number of benzene rings is 3. The predicted octanol–water partition coefficient (Wildman–Crippen LogP) is 8.52. The second-order valence-electron chi connectivity index (χ2n) is 11.9. The van der Waals surface area contributed by atoms with E-state index in [2.05, 4.69) is 13.2 Å². The lowest BCUT2D eigenvalue weighted by molar-refractivity contribution is -0.139. The maximum absolute atomic E-state index is 14.7. The minimum Gasteiger partial charge on any atom is -0.493 e. The van der Waals surface area contributed by atoms with Gasteiger partial charge in [0.15, 0.2) is 0 Å². The number of ether oxygens (including phenoxy) is 6. The topological polar surface area (TPSA) is 124 Å². The molecule has 0 saturated carbocycles. The van der Waals surface area contributed by atoms with Crippen LogP contribution in [0.4, 0.5) is 8.78 Å². The second kappa shape index (κ2) is 21.6. The smallest absolute Gasteiger partial charge is 0.346 e. The maximum Gasteiger partial charge on any atom is 0.346 e. The second-order valence-corrected chi connectivity index (χ2v) is 11.9. The third-order valence-electron chi connectivity index (χ3n) is 7.34. The van der Waals surface area contributed by atoms with Gasteiger partial charge in [-0.05, 0) is 114 Å². The van der Waals surface area contributed by atoms with Gasteiger partial charge in [0.1, 0.15) is 34.6 Å². The molecule has 0 bridgehead atoms. The predicted molar refractivity (Wildman–Crippen MR) is 189 cm³/mol. The zero-order valence-electron chi connectivity index (χ0n) is 29.5. The summed E-state index contributed by atoms with van der Waals surface area (Å²) in [4.78, 5) is 47.9. The van der Waals surface area contributed by atoms with E-state index in [4.69, 9.17) is 28.4 Å². The summed E-state index contributed by atoms with van der Waals surface area (Å²) < 4.78 is 61.1. The molecule has 0 aliphatic heterocycles. The molecular formula is C40H44F2O10. The monoisotopic (exact) mass is 722 g/mol. The van der Waals surface area contributed by atoms with Gasteiger partial charge >= 0.3 is 23.9 Å². The molecule has 0 aromatic heterocycles. The third-order valence-corrected chi connectivity index (χ3v) is 7.34. The Kier molecular flexibility index (Phi) is 17.0. The van der Waals surface area contributed by atoms with Crippen LogP contribution in [-0.2, 0) is 19.1 Å². The molecule has 0 aliphatic rings. The number of esters is 4. The van der Waals surface area contributed by atoms with Gasteiger partial charge in [-0.2, -0.15) is 0 Å². The molecule has 278 valence electrons. The Hall–Kier alpha value is -5.52. The number of hydrogen-bond acceptors (Lipinski definition) is 10.